The van der Waals surface area contributed by atoms with E-state index in [2.05, 4.69) is 27.8 Å². The Labute approximate surface area is 152 Å². The van der Waals surface area contributed by atoms with Crippen LogP contribution in [0, 0.1) is 0 Å². The minimum atomic E-state index is -0.488. The first-order valence-electron chi connectivity index (χ1n) is 8.70. The number of fused-ring (bicyclic) bond motifs is 1. The second-order valence-corrected chi connectivity index (χ2v) is 6.39. The molecular weight excluding hydrogens is 334 g/mol. The molecule has 8 heteroatoms. The molecule has 1 aliphatic rings. The van der Waals surface area contributed by atoms with Crippen LogP contribution in [0.15, 0.2) is 35.5 Å². The van der Waals surface area contributed by atoms with Crippen molar-refractivity contribution in [3.8, 4) is 5.75 Å². The van der Waals surface area contributed by atoms with Crippen LogP contribution in [0.1, 0.15) is 45.7 Å². The SMILES string of the molecule is CCCOc1cccc(C2C(C(=O)OC(C)C)=C(C)Nc3nnnn32)c1. The maximum absolute atomic E-state index is 12.8. The summed E-state index contributed by atoms with van der Waals surface area (Å²) < 4.78 is 12.8. The van der Waals surface area contributed by atoms with Gasteiger partial charge in [-0.15, -0.1) is 0 Å². The first-order chi connectivity index (χ1) is 12.5. The van der Waals surface area contributed by atoms with Crippen LogP contribution in [0.25, 0.3) is 0 Å². The van der Waals surface area contributed by atoms with Gasteiger partial charge in [-0.1, -0.05) is 24.2 Å². The van der Waals surface area contributed by atoms with E-state index in [4.69, 9.17) is 9.47 Å². The topological polar surface area (TPSA) is 91.2 Å². The van der Waals surface area contributed by atoms with Crippen LogP contribution < -0.4 is 10.1 Å². The fraction of sp³-hybridized carbons (Fsp3) is 0.444. The van der Waals surface area contributed by atoms with Gasteiger partial charge in [0, 0.05) is 5.70 Å². The Morgan fingerprint density at radius 3 is 2.92 bits per heavy atom. The van der Waals surface area contributed by atoms with Gasteiger partial charge in [-0.2, -0.15) is 4.68 Å². The smallest absolute Gasteiger partial charge is 0.338 e. The first kappa shape index (κ1) is 17.9. The van der Waals surface area contributed by atoms with Crippen LogP contribution in [-0.2, 0) is 9.53 Å². The van der Waals surface area contributed by atoms with Gasteiger partial charge < -0.3 is 14.8 Å². The second-order valence-electron chi connectivity index (χ2n) is 6.39. The van der Waals surface area contributed by atoms with E-state index in [0.717, 1.165) is 17.7 Å². The number of ether oxygens (including phenoxy) is 2. The number of carbonyl (C=O) groups is 1. The molecule has 1 aromatic carbocycles. The first-order valence-corrected chi connectivity index (χ1v) is 8.70. The standard InChI is InChI=1S/C18H23N5O3/c1-5-9-25-14-8-6-7-13(10-14)16-15(17(24)26-11(2)3)12(4)19-18-20-21-22-23(16)18/h6-8,10-11,16H,5,9H2,1-4H3,(H,19,20,22). The highest BCUT2D eigenvalue weighted by molar-refractivity contribution is 5.92. The van der Waals surface area contributed by atoms with Crippen LogP contribution in [-0.4, -0.2) is 38.9 Å². The monoisotopic (exact) mass is 357 g/mol. The van der Waals surface area contributed by atoms with Crippen LogP contribution in [0.5, 0.6) is 5.75 Å². The molecule has 0 bridgehead atoms. The Morgan fingerprint density at radius 1 is 1.38 bits per heavy atom. The average Bonchev–Trinajstić information content (AvgIpc) is 3.06. The molecule has 1 aliphatic heterocycles. The van der Waals surface area contributed by atoms with Gasteiger partial charge in [0.1, 0.15) is 11.8 Å². The molecule has 0 saturated heterocycles. The highest BCUT2D eigenvalue weighted by atomic mass is 16.5. The highest BCUT2D eigenvalue weighted by Gasteiger charge is 2.35. The summed E-state index contributed by atoms with van der Waals surface area (Å²) in [4.78, 5) is 12.8. The van der Waals surface area contributed by atoms with E-state index in [1.807, 2.05) is 45.0 Å². The zero-order chi connectivity index (χ0) is 18.7. The number of anilines is 1. The Balaban J connectivity index is 2.05. The normalized spacial score (nSPS) is 16.3. The molecule has 1 unspecified atom stereocenters. The van der Waals surface area contributed by atoms with E-state index < -0.39 is 12.0 Å². The van der Waals surface area contributed by atoms with Gasteiger partial charge in [0.15, 0.2) is 0 Å². The van der Waals surface area contributed by atoms with Crippen molar-refractivity contribution in [2.24, 2.45) is 0 Å². The van der Waals surface area contributed by atoms with E-state index in [1.165, 1.54) is 0 Å². The van der Waals surface area contributed by atoms with Gasteiger partial charge in [0.05, 0.1) is 18.3 Å². The zero-order valence-corrected chi connectivity index (χ0v) is 15.4. The largest absolute Gasteiger partial charge is 0.494 e. The fourth-order valence-corrected chi connectivity index (χ4v) is 2.86. The number of nitrogens with one attached hydrogen (secondary N) is 1. The lowest BCUT2D eigenvalue weighted by molar-refractivity contribution is -0.143. The lowest BCUT2D eigenvalue weighted by atomic mass is 9.95. The third-order valence-electron chi connectivity index (χ3n) is 3.92. The van der Waals surface area contributed by atoms with Gasteiger partial charge in [0.2, 0.25) is 5.95 Å². The summed E-state index contributed by atoms with van der Waals surface area (Å²) in [6, 6.07) is 7.14. The van der Waals surface area contributed by atoms with Crippen LogP contribution in [0.2, 0.25) is 0 Å². The lowest BCUT2D eigenvalue weighted by Crippen LogP contribution is -2.30. The van der Waals surface area contributed by atoms with Crippen molar-refractivity contribution in [3.05, 3.63) is 41.1 Å². The van der Waals surface area contributed by atoms with E-state index in [1.54, 1.807) is 4.68 Å². The Hall–Kier alpha value is -2.90. The highest BCUT2D eigenvalue weighted by Crippen LogP contribution is 2.36. The van der Waals surface area contributed by atoms with E-state index in [-0.39, 0.29) is 6.10 Å². The van der Waals surface area contributed by atoms with Gasteiger partial charge in [-0.05, 0) is 55.3 Å². The van der Waals surface area contributed by atoms with E-state index in [9.17, 15) is 4.79 Å². The maximum Gasteiger partial charge on any atom is 0.338 e. The lowest BCUT2D eigenvalue weighted by Gasteiger charge is -2.28. The summed E-state index contributed by atoms with van der Waals surface area (Å²) in [5.41, 5.74) is 2.00. The average molecular weight is 357 g/mol. The molecule has 8 nitrogen and oxygen atoms in total. The second kappa shape index (κ2) is 7.55. The van der Waals surface area contributed by atoms with Gasteiger partial charge in [0.25, 0.3) is 0 Å². The number of allylic oxidation sites excluding steroid dienone is 1. The predicted octanol–water partition coefficient (Wildman–Crippen LogP) is 2.70. The number of aromatic nitrogens is 4. The minimum absolute atomic E-state index is 0.224. The number of hydrogen-bond acceptors (Lipinski definition) is 7. The molecule has 0 amide bonds. The zero-order valence-electron chi connectivity index (χ0n) is 15.4. The summed E-state index contributed by atoms with van der Waals surface area (Å²) in [6.45, 7) is 8.14. The third-order valence-corrected chi connectivity index (χ3v) is 3.92. The van der Waals surface area contributed by atoms with Crippen molar-refractivity contribution in [2.45, 2.75) is 46.3 Å². The van der Waals surface area contributed by atoms with E-state index in [0.29, 0.717) is 23.8 Å². The molecule has 1 atom stereocenters. The molecule has 2 aromatic rings. The van der Waals surface area contributed by atoms with Crippen molar-refractivity contribution < 1.29 is 14.3 Å². The number of tetrazole rings is 1. The van der Waals surface area contributed by atoms with Gasteiger partial charge in [-0.25, -0.2) is 4.79 Å². The van der Waals surface area contributed by atoms with Crippen molar-refractivity contribution in [1.82, 2.24) is 20.2 Å². The molecule has 0 saturated carbocycles. The summed E-state index contributed by atoms with van der Waals surface area (Å²) in [7, 11) is 0. The minimum Gasteiger partial charge on any atom is -0.494 e. The fourth-order valence-electron chi connectivity index (χ4n) is 2.86. The van der Waals surface area contributed by atoms with Crippen LogP contribution in [0.3, 0.4) is 0 Å². The van der Waals surface area contributed by atoms with Gasteiger partial charge in [-0.3, -0.25) is 0 Å². The van der Waals surface area contributed by atoms with Gasteiger partial charge >= 0.3 is 5.97 Å². The molecule has 1 aromatic heterocycles. The summed E-state index contributed by atoms with van der Waals surface area (Å²) >= 11 is 0. The summed E-state index contributed by atoms with van der Waals surface area (Å²) in [5.74, 6) is 0.830. The maximum atomic E-state index is 12.8. The van der Waals surface area contributed by atoms with Crippen molar-refractivity contribution in [1.29, 1.82) is 0 Å². The quantitative estimate of drug-likeness (QED) is 0.795. The molecule has 1 N–H and O–H groups in total. The Bertz CT molecular complexity index is 828. The number of benzene rings is 1. The molecule has 0 fully saturated rings. The molecule has 0 aliphatic carbocycles. The van der Waals surface area contributed by atoms with E-state index >= 15 is 0 Å². The summed E-state index contributed by atoms with van der Waals surface area (Å²) in [5, 5.41) is 14.8. The summed E-state index contributed by atoms with van der Waals surface area (Å²) in [6.07, 6.45) is 0.692. The number of nitrogens with zero attached hydrogens (tertiary/aromatic N) is 4. The number of hydrogen-bond donors (Lipinski definition) is 1. The number of esters is 1. The molecule has 138 valence electrons. The molecule has 0 radical (unpaired) electrons. The van der Waals surface area contributed by atoms with Crippen molar-refractivity contribution in [2.75, 3.05) is 11.9 Å². The van der Waals surface area contributed by atoms with Crippen molar-refractivity contribution >= 4 is 11.9 Å². The van der Waals surface area contributed by atoms with Crippen LogP contribution in [0.4, 0.5) is 5.95 Å². The molecule has 3 rings (SSSR count). The Morgan fingerprint density at radius 2 is 2.19 bits per heavy atom. The molecule has 26 heavy (non-hydrogen) atoms. The van der Waals surface area contributed by atoms with Crippen LogP contribution >= 0.6 is 0 Å². The molecular formula is C18H23N5O3. The molecule has 0 spiro atoms. The molecule has 2 heterocycles. The predicted molar refractivity (Wildman–Crippen MR) is 95.7 cm³/mol. The number of rotatable bonds is 6. The van der Waals surface area contributed by atoms with Crippen molar-refractivity contribution in [3.63, 3.8) is 0 Å². The Kier molecular flexibility index (Phi) is 5.20. The number of carbonyl (C=O) groups excluding carboxylic acids is 1. The third kappa shape index (κ3) is 3.54.